The maximum atomic E-state index is 13.6. The first-order valence-corrected chi connectivity index (χ1v) is 11.9. The van der Waals surface area contributed by atoms with Crippen LogP contribution < -0.4 is 0 Å². The van der Waals surface area contributed by atoms with Gasteiger partial charge in [0.2, 0.25) is 10.0 Å². The number of ketones is 1. The number of rotatable bonds is 10. The number of hydrogen-bond acceptors (Lipinski definition) is 6. The molecule has 0 unspecified atom stereocenters. The van der Waals surface area contributed by atoms with Crippen molar-refractivity contribution in [3.05, 3.63) is 52.3 Å². The van der Waals surface area contributed by atoms with Gasteiger partial charge in [0.1, 0.15) is 5.69 Å². The molecule has 2 aromatic rings. The van der Waals surface area contributed by atoms with Crippen molar-refractivity contribution in [3.63, 3.8) is 0 Å². The molecule has 0 amide bonds. The molecule has 0 fully saturated rings. The van der Waals surface area contributed by atoms with Gasteiger partial charge in [-0.3, -0.25) is 4.79 Å². The van der Waals surface area contributed by atoms with Crippen LogP contribution in [0.5, 0.6) is 0 Å². The van der Waals surface area contributed by atoms with Crippen molar-refractivity contribution in [2.75, 3.05) is 27.4 Å². The number of hydrogen-bond donors (Lipinski definition) is 0. The van der Waals surface area contributed by atoms with Crippen LogP contribution in [0.15, 0.2) is 29.2 Å². The van der Waals surface area contributed by atoms with Crippen LogP contribution in [-0.4, -0.2) is 62.5 Å². The zero-order valence-electron chi connectivity index (χ0n) is 19.8. The molecule has 9 heteroatoms. The highest BCUT2D eigenvalue weighted by Crippen LogP contribution is 2.27. The number of sulfonamides is 1. The summed E-state index contributed by atoms with van der Waals surface area (Å²) in [6.45, 7) is 9.32. The van der Waals surface area contributed by atoms with E-state index in [9.17, 15) is 18.0 Å². The molecule has 176 valence electrons. The van der Waals surface area contributed by atoms with E-state index in [4.69, 9.17) is 9.47 Å². The number of methoxy groups -OCH3 is 2. The topological polar surface area (TPSA) is 94.9 Å². The van der Waals surface area contributed by atoms with Crippen LogP contribution in [0, 0.1) is 20.8 Å². The molecular weight excluding hydrogens is 432 g/mol. The van der Waals surface area contributed by atoms with Crippen LogP contribution in [0.25, 0.3) is 0 Å². The molecule has 0 saturated carbocycles. The number of Topliss-reactive ketones (excluding diaryl/α,β-unsaturated/α-hetero) is 1. The molecule has 1 aromatic heterocycles. The molecule has 1 heterocycles. The zero-order valence-corrected chi connectivity index (χ0v) is 20.6. The minimum absolute atomic E-state index is 0.00998. The van der Waals surface area contributed by atoms with Crippen molar-refractivity contribution in [2.24, 2.45) is 0 Å². The minimum Gasteiger partial charge on any atom is -0.464 e. The lowest BCUT2D eigenvalue weighted by atomic mass is 10.0. The predicted molar refractivity (Wildman–Crippen MR) is 122 cm³/mol. The third-order valence-electron chi connectivity index (χ3n) is 5.66. The second-order valence-corrected chi connectivity index (χ2v) is 9.52. The Hall–Kier alpha value is -2.49. The minimum atomic E-state index is -3.96. The molecule has 0 saturated heterocycles. The van der Waals surface area contributed by atoms with Crippen LogP contribution >= 0.6 is 0 Å². The molecule has 0 aliphatic heterocycles. The van der Waals surface area contributed by atoms with Crippen molar-refractivity contribution < 1.29 is 27.5 Å². The lowest BCUT2D eigenvalue weighted by Gasteiger charge is -2.27. The van der Waals surface area contributed by atoms with Crippen molar-refractivity contribution >= 4 is 21.8 Å². The molecule has 32 heavy (non-hydrogen) atoms. The average molecular weight is 465 g/mol. The summed E-state index contributed by atoms with van der Waals surface area (Å²) >= 11 is 0. The van der Waals surface area contributed by atoms with E-state index in [1.165, 1.54) is 26.4 Å². The molecule has 1 aromatic carbocycles. The predicted octanol–water partition coefficient (Wildman–Crippen LogP) is 3.13. The Bertz CT molecular complexity index is 1090. The number of carbonyl (C=O) groups excluding carboxylic acids is 2. The number of esters is 1. The van der Waals surface area contributed by atoms with Crippen molar-refractivity contribution in [3.8, 4) is 0 Å². The van der Waals surface area contributed by atoms with E-state index in [1.807, 2.05) is 13.8 Å². The first-order valence-electron chi connectivity index (χ1n) is 10.4. The molecule has 0 aliphatic carbocycles. The molecule has 1 atom stereocenters. The van der Waals surface area contributed by atoms with Crippen LogP contribution in [0.3, 0.4) is 0 Å². The van der Waals surface area contributed by atoms with E-state index in [1.54, 1.807) is 37.5 Å². The molecular formula is C23H32N2O6S. The van der Waals surface area contributed by atoms with Gasteiger partial charge in [0.15, 0.2) is 5.78 Å². The molecule has 0 spiro atoms. The fraction of sp³-hybridized carbons (Fsp3) is 0.478. The monoisotopic (exact) mass is 464 g/mol. The van der Waals surface area contributed by atoms with E-state index in [-0.39, 0.29) is 23.8 Å². The van der Waals surface area contributed by atoms with Crippen LogP contribution in [0.2, 0.25) is 0 Å². The summed E-state index contributed by atoms with van der Waals surface area (Å²) in [5.41, 5.74) is 2.64. The molecule has 0 N–H and O–H groups in total. The van der Waals surface area contributed by atoms with Gasteiger partial charge in [0, 0.05) is 31.5 Å². The quantitative estimate of drug-likeness (QED) is 0.396. The van der Waals surface area contributed by atoms with Crippen LogP contribution in [0.4, 0.5) is 0 Å². The van der Waals surface area contributed by atoms with Gasteiger partial charge >= 0.3 is 5.97 Å². The second-order valence-electron chi connectivity index (χ2n) is 7.63. The molecule has 0 radical (unpaired) electrons. The Morgan fingerprint density at radius 2 is 1.69 bits per heavy atom. The second kappa shape index (κ2) is 10.4. The highest BCUT2D eigenvalue weighted by atomic mass is 32.2. The SMILES string of the molecule is CCn1c(C)c(C(=O)[C@H](C)N(CCOC)S(=O)(=O)c2ccc(C)cc2)c(C)c1C(=O)OC. The number of benzene rings is 1. The Balaban J connectivity index is 2.57. The molecule has 0 aliphatic rings. The van der Waals surface area contributed by atoms with Crippen molar-refractivity contribution in [1.82, 2.24) is 8.87 Å². The van der Waals surface area contributed by atoms with Gasteiger partial charge in [-0.2, -0.15) is 4.31 Å². The number of aromatic nitrogens is 1. The highest BCUT2D eigenvalue weighted by Gasteiger charge is 2.36. The van der Waals surface area contributed by atoms with Gasteiger partial charge in [-0.1, -0.05) is 17.7 Å². The first-order chi connectivity index (χ1) is 15.0. The Morgan fingerprint density at radius 3 is 2.19 bits per heavy atom. The summed E-state index contributed by atoms with van der Waals surface area (Å²) in [5.74, 6) is -0.924. The van der Waals surface area contributed by atoms with Gasteiger partial charge in [0.25, 0.3) is 0 Å². The third-order valence-corrected chi connectivity index (χ3v) is 7.65. The highest BCUT2D eigenvalue weighted by molar-refractivity contribution is 7.89. The van der Waals surface area contributed by atoms with Crippen LogP contribution in [0.1, 0.15) is 51.5 Å². The summed E-state index contributed by atoms with van der Waals surface area (Å²) in [6, 6.07) is 5.48. The number of carbonyl (C=O) groups is 2. The number of nitrogens with zero attached hydrogens (tertiary/aromatic N) is 2. The fourth-order valence-electron chi connectivity index (χ4n) is 3.90. The number of aryl methyl sites for hydroxylation is 1. The Labute approximate surface area is 190 Å². The standard InChI is InChI=1S/C23H32N2O6S/c1-8-24-17(4)20(16(3)21(24)23(27)31-7)22(26)18(5)25(13-14-30-6)32(28,29)19-11-9-15(2)10-12-19/h9-12,18H,8,13-14H2,1-7H3/t18-/m0/s1. The zero-order chi connectivity index (χ0) is 24.2. The Morgan fingerprint density at radius 1 is 1.09 bits per heavy atom. The molecule has 0 bridgehead atoms. The smallest absolute Gasteiger partial charge is 0.354 e. The fourth-order valence-corrected chi connectivity index (χ4v) is 5.48. The van der Waals surface area contributed by atoms with Gasteiger partial charge in [-0.15, -0.1) is 0 Å². The Kier molecular flexibility index (Phi) is 8.39. The van der Waals surface area contributed by atoms with Crippen molar-refractivity contribution in [1.29, 1.82) is 0 Å². The van der Waals surface area contributed by atoms with E-state index in [0.717, 1.165) is 9.87 Å². The average Bonchev–Trinajstić information content (AvgIpc) is 3.02. The van der Waals surface area contributed by atoms with Gasteiger partial charge < -0.3 is 14.0 Å². The molecule has 8 nitrogen and oxygen atoms in total. The first kappa shape index (κ1) is 25.8. The normalized spacial score (nSPS) is 12.8. The van der Waals surface area contributed by atoms with E-state index in [0.29, 0.717) is 29.1 Å². The maximum Gasteiger partial charge on any atom is 0.354 e. The van der Waals surface area contributed by atoms with Crippen molar-refractivity contribution in [2.45, 2.75) is 52.1 Å². The summed E-state index contributed by atoms with van der Waals surface area (Å²) in [5, 5.41) is 0. The largest absolute Gasteiger partial charge is 0.464 e. The third kappa shape index (κ3) is 4.79. The lowest BCUT2D eigenvalue weighted by Crippen LogP contribution is -2.45. The van der Waals surface area contributed by atoms with Gasteiger partial charge in [-0.25, -0.2) is 13.2 Å². The maximum absolute atomic E-state index is 13.6. The van der Waals surface area contributed by atoms with Gasteiger partial charge in [-0.05, 0) is 52.3 Å². The van der Waals surface area contributed by atoms with E-state index < -0.39 is 22.0 Å². The number of ether oxygens (including phenoxy) is 2. The lowest BCUT2D eigenvalue weighted by molar-refractivity contribution is 0.0587. The summed E-state index contributed by atoms with van der Waals surface area (Å²) in [4.78, 5) is 26.1. The summed E-state index contributed by atoms with van der Waals surface area (Å²) in [6.07, 6.45) is 0. The van der Waals surface area contributed by atoms with Gasteiger partial charge in [0.05, 0.1) is 24.7 Å². The molecule has 2 rings (SSSR count). The van der Waals surface area contributed by atoms with Crippen LogP contribution in [-0.2, 0) is 26.0 Å². The van der Waals surface area contributed by atoms with E-state index in [2.05, 4.69) is 0 Å². The summed E-state index contributed by atoms with van der Waals surface area (Å²) < 4.78 is 39.7. The summed E-state index contributed by atoms with van der Waals surface area (Å²) in [7, 11) is -1.20. The van der Waals surface area contributed by atoms with E-state index >= 15 is 0 Å².